The molecule has 0 unspecified atom stereocenters. The average molecular weight is 234 g/mol. The summed E-state index contributed by atoms with van der Waals surface area (Å²) in [6.45, 7) is 1.30. The highest BCUT2D eigenvalue weighted by Crippen LogP contribution is 2.32. The third kappa shape index (κ3) is 3.46. The van der Waals surface area contributed by atoms with E-state index in [1.54, 1.807) is 0 Å². The number of hydrogen-bond donors (Lipinski definition) is 2. The minimum Gasteiger partial charge on any atom is -0.409 e. The Hall–Kier alpha value is -1.55. The van der Waals surface area contributed by atoms with Gasteiger partial charge in [0.25, 0.3) is 0 Å². The number of amidine groups is 1. The summed E-state index contributed by atoms with van der Waals surface area (Å²) in [6.07, 6.45) is 3.85. The summed E-state index contributed by atoms with van der Waals surface area (Å²) in [6, 6.07) is 7.55. The molecule has 92 valence electrons. The molecule has 0 radical (unpaired) electrons. The molecular formula is C13H18N2O2. The van der Waals surface area contributed by atoms with E-state index in [9.17, 15) is 0 Å². The molecule has 0 bridgehead atoms. The van der Waals surface area contributed by atoms with E-state index in [1.165, 1.54) is 12.8 Å². The molecule has 1 fully saturated rings. The van der Waals surface area contributed by atoms with Gasteiger partial charge in [0, 0.05) is 12.2 Å². The molecule has 0 aliphatic heterocycles. The largest absolute Gasteiger partial charge is 0.409 e. The van der Waals surface area contributed by atoms with Gasteiger partial charge in [-0.25, -0.2) is 0 Å². The van der Waals surface area contributed by atoms with E-state index >= 15 is 0 Å². The molecule has 0 heterocycles. The fourth-order valence-corrected chi connectivity index (χ4v) is 1.79. The van der Waals surface area contributed by atoms with Gasteiger partial charge in [-0.2, -0.15) is 0 Å². The van der Waals surface area contributed by atoms with Crippen LogP contribution in [-0.2, 0) is 11.3 Å². The zero-order chi connectivity index (χ0) is 12.1. The maximum Gasteiger partial charge on any atom is 0.170 e. The molecule has 0 saturated heterocycles. The monoisotopic (exact) mass is 234 g/mol. The van der Waals surface area contributed by atoms with Crippen molar-refractivity contribution >= 4 is 5.84 Å². The van der Waals surface area contributed by atoms with Crippen LogP contribution >= 0.6 is 0 Å². The maximum atomic E-state index is 8.69. The van der Waals surface area contributed by atoms with E-state index in [0.29, 0.717) is 6.61 Å². The van der Waals surface area contributed by atoms with Crippen molar-refractivity contribution in [3.63, 3.8) is 0 Å². The van der Waals surface area contributed by atoms with E-state index in [0.717, 1.165) is 30.1 Å². The number of nitrogens with zero attached hydrogens (tertiary/aromatic N) is 1. The van der Waals surface area contributed by atoms with E-state index in [-0.39, 0.29) is 5.84 Å². The lowest BCUT2D eigenvalue weighted by atomic mass is 10.1. The Kier molecular flexibility index (Phi) is 3.98. The zero-order valence-corrected chi connectivity index (χ0v) is 9.80. The third-order valence-corrected chi connectivity index (χ3v) is 3.03. The van der Waals surface area contributed by atoms with Gasteiger partial charge in [-0.1, -0.05) is 42.3 Å². The molecule has 17 heavy (non-hydrogen) atoms. The van der Waals surface area contributed by atoms with Gasteiger partial charge in [0.05, 0.1) is 6.61 Å². The van der Waals surface area contributed by atoms with Crippen LogP contribution in [-0.4, -0.2) is 17.6 Å². The van der Waals surface area contributed by atoms with Gasteiger partial charge in [0.1, 0.15) is 0 Å². The van der Waals surface area contributed by atoms with Crippen LogP contribution in [0.3, 0.4) is 0 Å². The first kappa shape index (κ1) is 11.9. The number of oxime groups is 1. The highest BCUT2D eigenvalue weighted by Gasteiger charge is 2.20. The second kappa shape index (κ2) is 5.68. The highest BCUT2D eigenvalue weighted by molar-refractivity contribution is 5.98. The molecule has 4 heteroatoms. The lowest BCUT2D eigenvalue weighted by Crippen LogP contribution is -2.16. The lowest BCUT2D eigenvalue weighted by Gasteiger charge is -2.08. The van der Waals surface area contributed by atoms with E-state index in [2.05, 4.69) is 5.16 Å². The predicted molar refractivity (Wildman–Crippen MR) is 65.9 cm³/mol. The van der Waals surface area contributed by atoms with Crippen LogP contribution in [0.15, 0.2) is 29.4 Å². The Labute approximate surface area is 101 Å². The van der Waals surface area contributed by atoms with Gasteiger partial charge < -0.3 is 15.7 Å². The second-order valence-corrected chi connectivity index (χ2v) is 4.43. The van der Waals surface area contributed by atoms with Crippen LogP contribution in [0.2, 0.25) is 0 Å². The molecule has 1 aliphatic rings. The summed E-state index contributed by atoms with van der Waals surface area (Å²) in [5.74, 6) is 1.01. The zero-order valence-electron chi connectivity index (χ0n) is 9.80. The molecule has 1 saturated carbocycles. The van der Waals surface area contributed by atoms with Gasteiger partial charge in [0.15, 0.2) is 5.84 Å². The number of hydrogen-bond acceptors (Lipinski definition) is 3. The molecule has 1 aromatic carbocycles. The van der Waals surface area contributed by atoms with Gasteiger partial charge >= 0.3 is 0 Å². The van der Waals surface area contributed by atoms with Crippen LogP contribution < -0.4 is 5.73 Å². The highest BCUT2D eigenvalue weighted by atomic mass is 16.5. The molecule has 4 nitrogen and oxygen atoms in total. The average Bonchev–Trinajstić information content (AvgIpc) is 3.18. The fraction of sp³-hybridized carbons (Fsp3) is 0.462. The number of rotatable bonds is 6. The van der Waals surface area contributed by atoms with Crippen LogP contribution in [0.25, 0.3) is 0 Å². The van der Waals surface area contributed by atoms with Crippen molar-refractivity contribution in [3.05, 3.63) is 35.4 Å². The molecule has 0 amide bonds. The summed E-state index contributed by atoms with van der Waals surface area (Å²) in [5.41, 5.74) is 7.30. The summed E-state index contributed by atoms with van der Waals surface area (Å²) in [4.78, 5) is 0. The second-order valence-electron chi connectivity index (χ2n) is 4.43. The quantitative estimate of drug-likeness (QED) is 0.260. The van der Waals surface area contributed by atoms with E-state index in [1.807, 2.05) is 24.3 Å². The molecule has 0 atom stereocenters. The summed E-state index contributed by atoms with van der Waals surface area (Å²) in [5, 5.41) is 11.7. The first-order valence-corrected chi connectivity index (χ1v) is 5.95. The fourth-order valence-electron chi connectivity index (χ4n) is 1.79. The molecular weight excluding hydrogens is 216 g/mol. The van der Waals surface area contributed by atoms with Crippen molar-refractivity contribution in [2.75, 3.05) is 6.61 Å². The Balaban J connectivity index is 1.89. The van der Waals surface area contributed by atoms with Crippen LogP contribution in [0.4, 0.5) is 0 Å². The van der Waals surface area contributed by atoms with Crippen LogP contribution in [0, 0.1) is 5.92 Å². The van der Waals surface area contributed by atoms with Crippen molar-refractivity contribution in [2.45, 2.75) is 25.9 Å². The summed E-state index contributed by atoms with van der Waals surface area (Å²) >= 11 is 0. The van der Waals surface area contributed by atoms with E-state index < -0.39 is 0 Å². The molecule has 2 rings (SSSR count). The maximum absolute atomic E-state index is 8.69. The topological polar surface area (TPSA) is 67.8 Å². The Bertz CT molecular complexity index is 400. The SMILES string of the molecule is N/C(=N/O)c1ccccc1COCCC1CC1. The molecule has 1 aliphatic carbocycles. The Morgan fingerprint density at radius 3 is 2.88 bits per heavy atom. The summed E-state index contributed by atoms with van der Waals surface area (Å²) < 4.78 is 5.61. The molecule has 1 aromatic rings. The number of ether oxygens (including phenoxy) is 1. The van der Waals surface area contributed by atoms with E-state index in [4.69, 9.17) is 15.7 Å². The van der Waals surface area contributed by atoms with Crippen LogP contribution in [0.5, 0.6) is 0 Å². The minimum absolute atomic E-state index is 0.131. The number of nitrogens with two attached hydrogens (primary N) is 1. The van der Waals surface area contributed by atoms with Gasteiger partial charge in [0.2, 0.25) is 0 Å². The van der Waals surface area contributed by atoms with Crippen molar-refractivity contribution in [3.8, 4) is 0 Å². The van der Waals surface area contributed by atoms with Crippen molar-refractivity contribution in [2.24, 2.45) is 16.8 Å². The Morgan fingerprint density at radius 2 is 2.18 bits per heavy atom. The normalized spacial score (nSPS) is 16.1. The van der Waals surface area contributed by atoms with Crippen molar-refractivity contribution < 1.29 is 9.94 Å². The Morgan fingerprint density at radius 1 is 1.41 bits per heavy atom. The molecule has 3 N–H and O–H groups in total. The number of benzene rings is 1. The van der Waals surface area contributed by atoms with Gasteiger partial charge in [-0.3, -0.25) is 0 Å². The first-order chi connectivity index (χ1) is 8.31. The van der Waals surface area contributed by atoms with Gasteiger partial charge in [-0.05, 0) is 17.9 Å². The smallest absolute Gasteiger partial charge is 0.170 e. The minimum atomic E-state index is 0.131. The predicted octanol–water partition coefficient (Wildman–Crippen LogP) is 2.10. The standard InChI is InChI=1S/C13H18N2O2/c14-13(15-16)12-4-2-1-3-11(12)9-17-8-7-10-5-6-10/h1-4,10,16H,5-9H2,(H2,14,15). The molecule has 0 spiro atoms. The van der Waals surface area contributed by atoms with Gasteiger partial charge in [-0.15, -0.1) is 0 Å². The summed E-state index contributed by atoms with van der Waals surface area (Å²) in [7, 11) is 0. The first-order valence-electron chi connectivity index (χ1n) is 5.95. The van der Waals surface area contributed by atoms with Crippen LogP contribution in [0.1, 0.15) is 30.4 Å². The van der Waals surface area contributed by atoms with Crippen molar-refractivity contribution in [1.82, 2.24) is 0 Å². The third-order valence-electron chi connectivity index (χ3n) is 3.03. The van der Waals surface area contributed by atoms with Crippen molar-refractivity contribution in [1.29, 1.82) is 0 Å². The lowest BCUT2D eigenvalue weighted by molar-refractivity contribution is 0.115. The molecule has 0 aromatic heterocycles.